The minimum absolute atomic E-state index is 0.267. The van der Waals surface area contributed by atoms with Gasteiger partial charge in [-0.2, -0.15) is 0 Å². The van der Waals surface area contributed by atoms with Crippen LogP contribution >= 0.6 is 35.6 Å². The maximum atomic E-state index is 5.95. The predicted molar refractivity (Wildman–Crippen MR) is 105 cm³/mol. The Balaban J connectivity index is 1.60. The molecule has 1 atom stereocenters. The zero-order valence-corrected chi connectivity index (χ0v) is 15.5. The monoisotopic (exact) mass is 378 g/mol. The summed E-state index contributed by atoms with van der Waals surface area (Å²) in [6.45, 7) is 1.60. The minimum atomic E-state index is 0.267. The van der Waals surface area contributed by atoms with Crippen LogP contribution in [0.3, 0.4) is 0 Å². The molecule has 1 aliphatic heterocycles. The van der Waals surface area contributed by atoms with Gasteiger partial charge in [0.2, 0.25) is 0 Å². The maximum absolute atomic E-state index is 5.95. The Labute approximate surface area is 157 Å². The average Bonchev–Trinajstić information content (AvgIpc) is 3.10. The van der Waals surface area contributed by atoms with Gasteiger partial charge in [-0.25, -0.2) is 0 Å². The summed E-state index contributed by atoms with van der Waals surface area (Å²) < 4.78 is 5.60. The van der Waals surface area contributed by atoms with Crippen LogP contribution in [0, 0.1) is 0 Å². The number of hydrogen-bond donors (Lipinski definition) is 2. The standard InChI is InChI=1S/C18H19ClN2OS2/c19-13-7-9-15(10-8-13)24-17-6-2-1-5-16(17)21-18(23)20-12-14-4-3-11-22-14/h1-2,5-10,14H,3-4,11-12H2,(H2,20,21,23). The van der Waals surface area contributed by atoms with Crippen molar-refractivity contribution in [3.8, 4) is 0 Å². The Hall–Kier alpha value is -1.27. The van der Waals surface area contributed by atoms with Crippen molar-refractivity contribution < 1.29 is 4.74 Å². The summed E-state index contributed by atoms with van der Waals surface area (Å²) in [4.78, 5) is 2.24. The second kappa shape index (κ2) is 8.72. The van der Waals surface area contributed by atoms with Gasteiger partial charge < -0.3 is 15.4 Å². The number of para-hydroxylation sites is 1. The molecule has 0 saturated carbocycles. The molecule has 1 saturated heterocycles. The summed E-state index contributed by atoms with van der Waals surface area (Å²) in [6.07, 6.45) is 2.49. The van der Waals surface area contributed by atoms with Gasteiger partial charge >= 0.3 is 0 Å². The first kappa shape index (κ1) is 17.5. The van der Waals surface area contributed by atoms with Gasteiger partial charge in [-0.05, 0) is 61.5 Å². The first-order chi connectivity index (χ1) is 11.7. The molecule has 0 aliphatic carbocycles. The summed E-state index contributed by atoms with van der Waals surface area (Å²) in [5.74, 6) is 0. The van der Waals surface area contributed by atoms with Crippen molar-refractivity contribution >= 4 is 46.4 Å². The van der Waals surface area contributed by atoms with Gasteiger partial charge in [-0.15, -0.1) is 0 Å². The second-order valence-electron chi connectivity index (χ2n) is 5.52. The van der Waals surface area contributed by atoms with Crippen molar-refractivity contribution in [1.29, 1.82) is 0 Å². The average molecular weight is 379 g/mol. The van der Waals surface area contributed by atoms with Crippen LogP contribution < -0.4 is 10.6 Å². The van der Waals surface area contributed by atoms with Crippen molar-refractivity contribution in [2.75, 3.05) is 18.5 Å². The van der Waals surface area contributed by atoms with Gasteiger partial charge in [0.1, 0.15) is 0 Å². The number of rotatable bonds is 5. The fourth-order valence-corrected chi connectivity index (χ4v) is 3.69. The SMILES string of the molecule is S=C(NCC1CCCO1)Nc1ccccc1Sc1ccc(Cl)cc1. The Kier molecular flexibility index (Phi) is 6.37. The van der Waals surface area contributed by atoms with E-state index >= 15 is 0 Å². The highest BCUT2D eigenvalue weighted by molar-refractivity contribution is 7.99. The largest absolute Gasteiger partial charge is 0.376 e. The van der Waals surface area contributed by atoms with Crippen LogP contribution in [-0.4, -0.2) is 24.4 Å². The second-order valence-corrected chi connectivity index (χ2v) is 7.48. The van der Waals surface area contributed by atoms with Crippen LogP contribution in [0.15, 0.2) is 58.3 Å². The molecular formula is C18H19ClN2OS2. The fraction of sp³-hybridized carbons (Fsp3) is 0.278. The molecule has 2 N–H and O–H groups in total. The number of nitrogens with one attached hydrogen (secondary N) is 2. The Morgan fingerprint density at radius 2 is 2.00 bits per heavy atom. The normalized spacial score (nSPS) is 16.8. The lowest BCUT2D eigenvalue weighted by atomic mass is 10.2. The van der Waals surface area contributed by atoms with E-state index in [4.69, 9.17) is 28.6 Å². The molecule has 1 fully saturated rings. The van der Waals surface area contributed by atoms with E-state index in [2.05, 4.69) is 16.7 Å². The van der Waals surface area contributed by atoms with E-state index in [9.17, 15) is 0 Å². The van der Waals surface area contributed by atoms with Gasteiger partial charge in [0.05, 0.1) is 11.8 Å². The first-order valence-electron chi connectivity index (χ1n) is 7.89. The number of halogens is 1. The van der Waals surface area contributed by atoms with Crippen molar-refractivity contribution in [3.63, 3.8) is 0 Å². The summed E-state index contributed by atoms with van der Waals surface area (Å²) in [6, 6.07) is 15.9. The van der Waals surface area contributed by atoms with Crippen molar-refractivity contribution in [2.45, 2.75) is 28.7 Å². The minimum Gasteiger partial charge on any atom is -0.376 e. The molecule has 2 aromatic carbocycles. The third-order valence-corrected chi connectivity index (χ3v) is 5.27. The van der Waals surface area contributed by atoms with Gasteiger partial charge in [0.15, 0.2) is 5.11 Å². The van der Waals surface area contributed by atoms with E-state index in [-0.39, 0.29) is 6.10 Å². The quantitative estimate of drug-likeness (QED) is 0.719. The van der Waals surface area contributed by atoms with Crippen LogP contribution in [0.25, 0.3) is 0 Å². The van der Waals surface area contributed by atoms with Gasteiger partial charge in [-0.1, -0.05) is 35.5 Å². The van der Waals surface area contributed by atoms with Crippen molar-refractivity contribution in [1.82, 2.24) is 5.32 Å². The molecule has 1 aliphatic rings. The highest BCUT2D eigenvalue weighted by Gasteiger charge is 2.15. The third-order valence-electron chi connectivity index (χ3n) is 3.69. The summed E-state index contributed by atoms with van der Waals surface area (Å²) in [7, 11) is 0. The lowest BCUT2D eigenvalue weighted by Crippen LogP contribution is -2.34. The van der Waals surface area contributed by atoms with E-state index in [1.165, 1.54) is 0 Å². The first-order valence-corrected chi connectivity index (χ1v) is 9.50. The molecule has 3 nitrogen and oxygen atoms in total. The molecule has 1 heterocycles. The topological polar surface area (TPSA) is 33.3 Å². The molecule has 2 aromatic rings. The molecule has 0 amide bonds. The van der Waals surface area contributed by atoms with Gasteiger partial charge in [0.25, 0.3) is 0 Å². The smallest absolute Gasteiger partial charge is 0.170 e. The Bertz CT molecular complexity index is 688. The van der Waals surface area contributed by atoms with Crippen molar-refractivity contribution in [3.05, 3.63) is 53.6 Å². The number of ether oxygens (including phenoxy) is 1. The van der Waals surface area contributed by atoms with E-state index < -0.39 is 0 Å². The summed E-state index contributed by atoms with van der Waals surface area (Å²) >= 11 is 13.0. The van der Waals surface area contributed by atoms with Gasteiger partial charge in [-0.3, -0.25) is 0 Å². The Morgan fingerprint density at radius 3 is 2.75 bits per heavy atom. The molecule has 3 rings (SSSR count). The van der Waals surface area contributed by atoms with E-state index in [0.29, 0.717) is 5.11 Å². The van der Waals surface area contributed by atoms with Crippen LogP contribution in [0.1, 0.15) is 12.8 Å². The summed E-state index contributed by atoms with van der Waals surface area (Å²) in [5.41, 5.74) is 0.988. The number of hydrogen-bond acceptors (Lipinski definition) is 3. The third kappa shape index (κ3) is 5.11. The molecule has 0 bridgehead atoms. The van der Waals surface area contributed by atoms with Crippen LogP contribution in [0.4, 0.5) is 5.69 Å². The summed E-state index contributed by atoms with van der Waals surface area (Å²) in [5, 5.41) is 7.89. The van der Waals surface area contributed by atoms with E-state index in [1.54, 1.807) is 11.8 Å². The highest BCUT2D eigenvalue weighted by atomic mass is 35.5. The molecule has 126 valence electrons. The number of benzene rings is 2. The lowest BCUT2D eigenvalue weighted by molar-refractivity contribution is 0.114. The Morgan fingerprint density at radius 1 is 1.21 bits per heavy atom. The number of anilines is 1. The van der Waals surface area contributed by atoms with Crippen molar-refractivity contribution in [2.24, 2.45) is 0 Å². The molecule has 24 heavy (non-hydrogen) atoms. The molecule has 0 radical (unpaired) electrons. The number of thiocarbonyl (C=S) groups is 1. The fourth-order valence-electron chi connectivity index (χ4n) is 2.47. The van der Waals surface area contributed by atoms with E-state index in [1.807, 2.05) is 42.5 Å². The van der Waals surface area contributed by atoms with Crippen LogP contribution in [0.5, 0.6) is 0 Å². The van der Waals surface area contributed by atoms with Crippen LogP contribution in [0.2, 0.25) is 5.02 Å². The predicted octanol–water partition coefficient (Wildman–Crippen LogP) is 4.96. The zero-order valence-electron chi connectivity index (χ0n) is 13.1. The highest BCUT2D eigenvalue weighted by Crippen LogP contribution is 2.33. The molecule has 6 heteroatoms. The molecular weight excluding hydrogens is 360 g/mol. The molecule has 0 spiro atoms. The van der Waals surface area contributed by atoms with Crippen LogP contribution in [-0.2, 0) is 4.74 Å². The van der Waals surface area contributed by atoms with Gasteiger partial charge in [0, 0.05) is 28.0 Å². The lowest BCUT2D eigenvalue weighted by Gasteiger charge is -2.16. The van der Waals surface area contributed by atoms with E-state index in [0.717, 1.165) is 46.5 Å². The molecule has 0 aromatic heterocycles. The maximum Gasteiger partial charge on any atom is 0.170 e. The zero-order chi connectivity index (χ0) is 16.8. The molecule has 1 unspecified atom stereocenters.